The molecule has 3 atom stereocenters. The molecule has 3 unspecified atom stereocenters. The van der Waals surface area contributed by atoms with E-state index in [1.165, 1.54) is 0 Å². The molecule has 2 saturated carbocycles. The van der Waals surface area contributed by atoms with Crippen molar-refractivity contribution in [3.63, 3.8) is 0 Å². The first-order valence-corrected chi connectivity index (χ1v) is 11.7. The number of benzene rings is 1. The van der Waals surface area contributed by atoms with E-state index in [0.717, 1.165) is 37.1 Å². The molecule has 5 rings (SSSR count). The SMILES string of the molecule is CC1(F)CC(CNC2CCCC2Oc2ccc3c(c2)CN(C2CCC(=O)NC2=O)C3=O)C1. The van der Waals surface area contributed by atoms with Crippen LogP contribution in [0.25, 0.3) is 0 Å². The number of ether oxygens (including phenoxy) is 1. The minimum absolute atomic E-state index is 0.0493. The number of nitrogens with one attached hydrogen (secondary N) is 2. The van der Waals surface area contributed by atoms with Gasteiger partial charge in [-0.2, -0.15) is 0 Å². The van der Waals surface area contributed by atoms with E-state index in [1.807, 2.05) is 12.1 Å². The molecule has 0 radical (unpaired) electrons. The fourth-order valence-corrected chi connectivity index (χ4v) is 5.71. The molecule has 3 fully saturated rings. The third kappa shape index (κ3) is 4.12. The molecule has 2 heterocycles. The molecule has 0 bridgehead atoms. The maximum atomic E-state index is 13.7. The number of imide groups is 1. The Labute approximate surface area is 187 Å². The summed E-state index contributed by atoms with van der Waals surface area (Å²) in [5.41, 5.74) is 0.431. The van der Waals surface area contributed by atoms with Gasteiger partial charge in [0.1, 0.15) is 23.6 Å². The monoisotopic (exact) mass is 443 g/mol. The van der Waals surface area contributed by atoms with Crippen molar-refractivity contribution in [3.8, 4) is 5.75 Å². The minimum atomic E-state index is -0.999. The molecule has 0 aromatic heterocycles. The lowest BCUT2D eigenvalue weighted by molar-refractivity contribution is -0.136. The second-order valence-electron chi connectivity index (χ2n) is 10.0. The smallest absolute Gasteiger partial charge is 0.255 e. The first kappa shape index (κ1) is 21.4. The van der Waals surface area contributed by atoms with Gasteiger partial charge in [-0.05, 0) is 81.7 Å². The summed E-state index contributed by atoms with van der Waals surface area (Å²) in [5, 5.41) is 5.91. The largest absolute Gasteiger partial charge is 0.489 e. The molecule has 1 aromatic carbocycles. The van der Waals surface area contributed by atoms with Crippen LogP contribution in [0.5, 0.6) is 5.75 Å². The molecule has 7 nitrogen and oxygen atoms in total. The number of hydrogen-bond acceptors (Lipinski definition) is 5. The maximum absolute atomic E-state index is 13.7. The highest BCUT2D eigenvalue weighted by Crippen LogP contribution is 2.40. The quantitative estimate of drug-likeness (QED) is 0.660. The summed E-state index contributed by atoms with van der Waals surface area (Å²) in [7, 11) is 0. The molecule has 8 heteroatoms. The number of nitrogens with zero attached hydrogens (tertiary/aromatic N) is 1. The van der Waals surface area contributed by atoms with Crippen LogP contribution in [0.15, 0.2) is 18.2 Å². The van der Waals surface area contributed by atoms with Crippen LogP contribution in [0.3, 0.4) is 0 Å². The van der Waals surface area contributed by atoms with E-state index in [9.17, 15) is 18.8 Å². The molecular formula is C24H30FN3O4. The van der Waals surface area contributed by atoms with Crippen LogP contribution in [0.1, 0.15) is 67.8 Å². The lowest BCUT2D eigenvalue weighted by Crippen LogP contribution is -2.52. The van der Waals surface area contributed by atoms with Crippen molar-refractivity contribution in [2.24, 2.45) is 5.92 Å². The van der Waals surface area contributed by atoms with Gasteiger partial charge >= 0.3 is 0 Å². The van der Waals surface area contributed by atoms with Gasteiger partial charge in [-0.15, -0.1) is 0 Å². The van der Waals surface area contributed by atoms with Gasteiger partial charge in [0.25, 0.3) is 5.91 Å². The molecule has 2 N–H and O–H groups in total. The van der Waals surface area contributed by atoms with E-state index in [1.54, 1.807) is 17.9 Å². The number of carbonyl (C=O) groups excluding carboxylic acids is 3. The van der Waals surface area contributed by atoms with Gasteiger partial charge in [0.2, 0.25) is 11.8 Å². The first-order valence-electron chi connectivity index (χ1n) is 11.7. The van der Waals surface area contributed by atoms with Crippen molar-refractivity contribution in [2.45, 2.75) is 82.3 Å². The van der Waals surface area contributed by atoms with Crippen LogP contribution < -0.4 is 15.4 Å². The summed E-state index contributed by atoms with van der Waals surface area (Å²) in [6.45, 7) is 2.84. The Morgan fingerprint density at radius 3 is 2.78 bits per heavy atom. The van der Waals surface area contributed by atoms with Crippen molar-refractivity contribution in [3.05, 3.63) is 29.3 Å². The van der Waals surface area contributed by atoms with E-state index >= 15 is 0 Å². The zero-order chi connectivity index (χ0) is 22.5. The lowest BCUT2D eigenvalue weighted by atomic mass is 9.73. The summed E-state index contributed by atoms with van der Waals surface area (Å²) >= 11 is 0. The number of hydrogen-bond donors (Lipinski definition) is 2. The minimum Gasteiger partial charge on any atom is -0.489 e. The molecule has 172 valence electrons. The summed E-state index contributed by atoms with van der Waals surface area (Å²) in [4.78, 5) is 38.0. The highest BCUT2D eigenvalue weighted by molar-refractivity contribution is 6.05. The Hall–Kier alpha value is -2.48. The Morgan fingerprint density at radius 2 is 2.03 bits per heavy atom. The van der Waals surface area contributed by atoms with E-state index in [4.69, 9.17) is 4.74 Å². The van der Waals surface area contributed by atoms with Gasteiger partial charge in [-0.1, -0.05) is 0 Å². The average molecular weight is 444 g/mol. The van der Waals surface area contributed by atoms with Crippen molar-refractivity contribution in [1.82, 2.24) is 15.5 Å². The Balaban J connectivity index is 1.20. The van der Waals surface area contributed by atoms with E-state index in [2.05, 4.69) is 10.6 Å². The fourth-order valence-electron chi connectivity index (χ4n) is 5.71. The van der Waals surface area contributed by atoms with Crippen LogP contribution in [0.2, 0.25) is 0 Å². The number of carbonyl (C=O) groups is 3. The van der Waals surface area contributed by atoms with Crippen LogP contribution >= 0.6 is 0 Å². The molecule has 1 saturated heterocycles. The number of amides is 3. The summed E-state index contributed by atoms with van der Waals surface area (Å²) in [6, 6.07) is 5.12. The van der Waals surface area contributed by atoms with Gasteiger partial charge in [0.05, 0.1) is 0 Å². The number of alkyl halides is 1. The number of halogens is 1. The highest BCUT2D eigenvalue weighted by atomic mass is 19.1. The fraction of sp³-hybridized carbons (Fsp3) is 0.625. The molecule has 3 amide bonds. The second-order valence-corrected chi connectivity index (χ2v) is 10.0. The number of rotatable bonds is 6. The van der Waals surface area contributed by atoms with Gasteiger partial charge in [0.15, 0.2) is 0 Å². The van der Waals surface area contributed by atoms with Crippen LogP contribution in [-0.4, -0.2) is 53.0 Å². The topological polar surface area (TPSA) is 87.7 Å². The van der Waals surface area contributed by atoms with Gasteiger partial charge in [0, 0.05) is 24.6 Å². The number of fused-ring (bicyclic) bond motifs is 1. The van der Waals surface area contributed by atoms with E-state index in [-0.39, 0.29) is 30.4 Å². The predicted molar refractivity (Wildman–Crippen MR) is 115 cm³/mol. The molecule has 4 aliphatic rings. The normalized spacial score (nSPS) is 34.3. The zero-order valence-corrected chi connectivity index (χ0v) is 18.4. The summed E-state index contributed by atoms with van der Waals surface area (Å²) in [6.07, 6.45) is 4.98. The van der Waals surface area contributed by atoms with Gasteiger partial charge < -0.3 is 15.0 Å². The molecule has 0 spiro atoms. The van der Waals surface area contributed by atoms with Crippen molar-refractivity contribution in [2.75, 3.05) is 6.54 Å². The maximum Gasteiger partial charge on any atom is 0.255 e. The zero-order valence-electron chi connectivity index (χ0n) is 18.4. The average Bonchev–Trinajstić information content (AvgIpc) is 3.29. The van der Waals surface area contributed by atoms with Crippen LogP contribution in [-0.2, 0) is 16.1 Å². The first-order chi connectivity index (χ1) is 15.3. The molecular weight excluding hydrogens is 413 g/mol. The van der Waals surface area contributed by atoms with Crippen molar-refractivity contribution < 1.29 is 23.5 Å². The van der Waals surface area contributed by atoms with Crippen LogP contribution in [0.4, 0.5) is 4.39 Å². The molecule has 2 aliphatic carbocycles. The van der Waals surface area contributed by atoms with E-state index in [0.29, 0.717) is 37.3 Å². The Kier molecular flexibility index (Phi) is 5.43. The second kappa shape index (κ2) is 8.14. The third-order valence-corrected chi connectivity index (χ3v) is 7.33. The van der Waals surface area contributed by atoms with Gasteiger partial charge in [-0.3, -0.25) is 19.7 Å². The van der Waals surface area contributed by atoms with Gasteiger partial charge in [-0.25, -0.2) is 4.39 Å². The molecule has 2 aliphatic heterocycles. The highest BCUT2D eigenvalue weighted by Gasteiger charge is 2.41. The third-order valence-electron chi connectivity index (χ3n) is 7.33. The standard InChI is InChI=1S/C24H30FN3O4/c1-24(25)10-14(11-24)12-26-18-3-2-4-20(18)32-16-5-6-17-15(9-16)13-28(23(17)31)19-7-8-21(29)27-22(19)30/h5-6,9,14,18-20,26H,2-4,7-8,10-13H2,1H3,(H,27,29,30). The van der Waals surface area contributed by atoms with Crippen molar-refractivity contribution >= 4 is 17.7 Å². The Morgan fingerprint density at radius 1 is 1.22 bits per heavy atom. The predicted octanol–water partition coefficient (Wildman–Crippen LogP) is 2.48. The summed E-state index contributed by atoms with van der Waals surface area (Å²) in [5.74, 6) is 0.248. The van der Waals surface area contributed by atoms with E-state index < -0.39 is 17.6 Å². The molecule has 32 heavy (non-hydrogen) atoms. The lowest BCUT2D eigenvalue weighted by Gasteiger charge is -2.39. The van der Waals surface area contributed by atoms with Crippen molar-refractivity contribution in [1.29, 1.82) is 0 Å². The van der Waals surface area contributed by atoms with Crippen LogP contribution in [0, 0.1) is 5.92 Å². The Bertz CT molecular complexity index is 941. The number of piperidine rings is 1. The molecule has 1 aromatic rings. The summed E-state index contributed by atoms with van der Waals surface area (Å²) < 4.78 is 20.0.